The lowest BCUT2D eigenvalue weighted by molar-refractivity contribution is 0.198. The second-order valence-electron chi connectivity index (χ2n) is 7.51. The van der Waals surface area contributed by atoms with Gasteiger partial charge in [-0.05, 0) is 63.9 Å². The molecule has 2 aliphatic rings. The van der Waals surface area contributed by atoms with Crippen LogP contribution in [0.1, 0.15) is 60.6 Å². The molecule has 0 spiro atoms. The van der Waals surface area contributed by atoms with Crippen LogP contribution in [-0.4, -0.2) is 47.8 Å². The first-order chi connectivity index (χ1) is 12.8. The fourth-order valence-electron chi connectivity index (χ4n) is 3.84. The minimum Gasteiger partial charge on any atom is -0.297 e. The van der Waals surface area contributed by atoms with Crippen molar-refractivity contribution in [3.05, 3.63) is 47.4 Å². The maximum absolute atomic E-state index is 4.83. The Morgan fingerprint density at radius 2 is 1.85 bits per heavy atom. The summed E-state index contributed by atoms with van der Waals surface area (Å²) in [7, 11) is 0. The molecule has 7 heteroatoms. The normalized spacial score (nSPS) is 19.3. The van der Waals surface area contributed by atoms with Gasteiger partial charge in [0.15, 0.2) is 11.5 Å². The zero-order chi connectivity index (χ0) is 17.5. The number of nitrogens with zero attached hydrogens (tertiary/aromatic N) is 7. The third-order valence-corrected chi connectivity index (χ3v) is 5.48. The molecular formula is C19H23N7. The van der Waals surface area contributed by atoms with Gasteiger partial charge in [0.05, 0.1) is 11.4 Å². The van der Waals surface area contributed by atoms with Gasteiger partial charge in [-0.3, -0.25) is 4.90 Å². The highest BCUT2D eigenvalue weighted by Gasteiger charge is 2.28. The molecule has 0 atom stereocenters. The quantitative estimate of drug-likeness (QED) is 0.720. The van der Waals surface area contributed by atoms with E-state index in [2.05, 4.69) is 37.2 Å². The Hall–Kier alpha value is -2.41. The average Bonchev–Trinajstić information content (AvgIpc) is 3.42. The van der Waals surface area contributed by atoms with Crippen LogP contribution in [0.15, 0.2) is 24.4 Å². The van der Waals surface area contributed by atoms with Crippen LogP contribution in [0, 0.1) is 6.92 Å². The molecule has 0 amide bonds. The maximum Gasteiger partial charge on any atom is 0.177 e. The second kappa shape index (κ2) is 6.39. The first kappa shape index (κ1) is 15.8. The number of aryl methyl sites for hydroxylation is 1. The molecule has 0 aromatic carbocycles. The van der Waals surface area contributed by atoms with Crippen molar-refractivity contribution in [2.24, 2.45) is 0 Å². The van der Waals surface area contributed by atoms with Gasteiger partial charge in [0.2, 0.25) is 0 Å². The molecule has 3 aromatic heterocycles. The van der Waals surface area contributed by atoms with Gasteiger partial charge in [-0.15, -0.1) is 10.2 Å². The smallest absolute Gasteiger partial charge is 0.177 e. The molecule has 26 heavy (non-hydrogen) atoms. The summed E-state index contributed by atoms with van der Waals surface area (Å²) >= 11 is 0. The molecule has 1 aliphatic carbocycles. The van der Waals surface area contributed by atoms with Crippen LogP contribution in [0.2, 0.25) is 0 Å². The van der Waals surface area contributed by atoms with Crippen LogP contribution in [0.4, 0.5) is 0 Å². The molecule has 0 unspecified atom stereocenters. The fraction of sp³-hybridized carbons (Fsp3) is 0.526. The molecule has 1 saturated heterocycles. The Kier molecular flexibility index (Phi) is 3.89. The Morgan fingerprint density at radius 3 is 2.62 bits per heavy atom. The van der Waals surface area contributed by atoms with E-state index in [9.17, 15) is 0 Å². The lowest BCUT2D eigenvalue weighted by Gasteiger charge is -2.30. The average molecular weight is 349 g/mol. The second-order valence-corrected chi connectivity index (χ2v) is 7.51. The van der Waals surface area contributed by atoms with Crippen molar-refractivity contribution in [1.29, 1.82) is 0 Å². The molecular weight excluding hydrogens is 326 g/mol. The number of likely N-dealkylation sites (tertiary alicyclic amines) is 1. The molecule has 3 aromatic rings. The van der Waals surface area contributed by atoms with Gasteiger partial charge in [-0.2, -0.15) is 9.61 Å². The SMILES string of the molecule is Cc1nccc(CN2CCC(c3nnc4ccc(C5CC5)nn34)CC2)n1. The highest BCUT2D eigenvalue weighted by molar-refractivity contribution is 5.38. The number of piperidine rings is 1. The summed E-state index contributed by atoms with van der Waals surface area (Å²) in [6.45, 7) is 4.92. The molecule has 0 N–H and O–H groups in total. The van der Waals surface area contributed by atoms with Gasteiger partial charge in [0.25, 0.3) is 0 Å². The zero-order valence-electron chi connectivity index (χ0n) is 15.0. The van der Waals surface area contributed by atoms with E-state index < -0.39 is 0 Å². The lowest BCUT2D eigenvalue weighted by atomic mass is 9.96. The van der Waals surface area contributed by atoms with Crippen LogP contribution in [0.3, 0.4) is 0 Å². The molecule has 5 rings (SSSR count). The van der Waals surface area contributed by atoms with Crippen LogP contribution in [0.5, 0.6) is 0 Å². The summed E-state index contributed by atoms with van der Waals surface area (Å²) in [6.07, 6.45) is 6.53. The molecule has 0 bridgehead atoms. The molecule has 0 radical (unpaired) electrons. The van der Waals surface area contributed by atoms with Crippen LogP contribution >= 0.6 is 0 Å². The molecule has 2 fully saturated rings. The Morgan fingerprint density at radius 1 is 1.00 bits per heavy atom. The molecule has 134 valence electrons. The van der Waals surface area contributed by atoms with Crippen molar-refractivity contribution < 1.29 is 0 Å². The third-order valence-electron chi connectivity index (χ3n) is 5.48. The van der Waals surface area contributed by atoms with Gasteiger partial charge in [0.1, 0.15) is 5.82 Å². The maximum atomic E-state index is 4.83. The van der Waals surface area contributed by atoms with E-state index in [0.717, 1.165) is 55.5 Å². The lowest BCUT2D eigenvalue weighted by Crippen LogP contribution is -2.33. The van der Waals surface area contributed by atoms with Crippen LogP contribution in [0.25, 0.3) is 5.65 Å². The van der Waals surface area contributed by atoms with Crippen molar-refractivity contribution in [1.82, 2.24) is 34.7 Å². The highest BCUT2D eigenvalue weighted by Crippen LogP contribution is 2.39. The standard InChI is InChI=1S/C19H23N7/c1-13-20-9-6-16(21-13)12-25-10-7-15(8-11-25)19-23-22-18-5-4-17(14-2-3-14)24-26(18)19/h4-6,9,14-15H,2-3,7-8,10-12H2,1H3. The van der Waals surface area contributed by atoms with Gasteiger partial charge >= 0.3 is 0 Å². The van der Waals surface area contributed by atoms with Crippen molar-refractivity contribution in [3.63, 3.8) is 0 Å². The third kappa shape index (κ3) is 3.07. The number of hydrogen-bond donors (Lipinski definition) is 0. The predicted octanol–water partition coefficient (Wildman–Crippen LogP) is 2.48. The summed E-state index contributed by atoms with van der Waals surface area (Å²) in [5, 5.41) is 13.6. The highest BCUT2D eigenvalue weighted by atomic mass is 15.4. The van der Waals surface area contributed by atoms with E-state index in [4.69, 9.17) is 5.10 Å². The Balaban J connectivity index is 1.29. The van der Waals surface area contributed by atoms with E-state index in [1.807, 2.05) is 23.7 Å². The number of rotatable bonds is 4. The van der Waals surface area contributed by atoms with E-state index in [0.29, 0.717) is 11.8 Å². The van der Waals surface area contributed by atoms with Gasteiger partial charge < -0.3 is 0 Å². The monoisotopic (exact) mass is 349 g/mol. The van der Waals surface area contributed by atoms with Crippen LogP contribution in [-0.2, 0) is 6.54 Å². The fourth-order valence-corrected chi connectivity index (χ4v) is 3.84. The zero-order valence-corrected chi connectivity index (χ0v) is 15.0. The van der Waals surface area contributed by atoms with E-state index in [1.54, 1.807) is 0 Å². The summed E-state index contributed by atoms with van der Waals surface area (Å²) in [5.74, 6) is 2.94. The summed E-state index contributed by atoms with van der Waals surface area (Å²) < 4.78 is 1.99. The number of fused-ring (bicyclic) bond motifs is 1. The number of aromatic nitrogens is 6. The van der Waals surface area contributed by atoms with Crippen molar-refractivity contribution in [3.8, 4) is 0 Å². The minimum absolute atomic E-state index is 0.426. The minimum atomic E-state index is 0.426. The molecule has 7 nitrogen and oxygen atoms in total. The van der Waals surface area contributed by atoms with Crippen molar-refractivity contribution >= 4 is 5.65 Å². The van der Waals surface area contributed by atoms with Crippen LogP contribution < -0.4 is 0 Å². The van der Waals surface area contributed by atoms with E-state index in [1.165, 1.54) is 18.5 Å². The summed E-state index contributed by atoms with van der Waals surface area (Å²) in [6, 6.07) is 6.18. The molecule has 4 heterocycles. The van der Waals surface area contributed by atoms with Crippen molar-refractivity contribution in [2.75, 3.05) is 13.1 Å². The Bertz CT molecular complexity index is 923. The molecule has 1 aliphatic heterocycles. The molecule has 1 saturated carbocycles. The summed E-state index contributed by atoms with van der Waals surface area (Å²) in [5.41, 5.74) is 3.15. The van der Waals surface area contributed by atoms with Gasteiger partial charge in [-0.1, -0.05) is 0 Å². The Labute approximate surface area is 152 Å². The van der Waals surface area contributed by atoms with E-state index in [-0.39, 0.29) is 0 Å². The first-order valence-electron chi connectivity index (χ1n) is 9.49. The van der Waals surface area contributed by atoms with Gasteiger partial charge in [-0.25, -0.2) is 9.97 Å². The predicted molar refractivity (Wildman–Crippen MR) is 96.8 cm³/mol. The first-order valence-corrected chi connectivity index (χ1v) is 9.49. The number of hydrogen-bond acceptors (Lipinski definition) is 6. The topological polar surface area (TPSA) is 72.1 Å². The van der Waals surface area contributed by atoms with E-state index >= 15 is 0 Å². The largest absolute Gasteiger partial charge is 0.297 e. The van der Waals surface area contributed by atoms with Crippen molar-refractivity contribution in [2.45, 2.75) is 51.0 Å². The summed E-state index contributed by atoms with van der Waals surface area (Å²) in [4.78, 5) is 11.2. The van der Waals surface area contributed by atoms with Gasteiger partial charge in [0, 0.05) is 24.6 Å².